The van der Waals surface area contributed by atoms with Crippen LogP contribution in [0.4, 0.5) is 4.39 Å². The molecule has 0 aliphatic carbocycles. The second kappa shape index (κ2) is 4.06. The number of hydrogen-bond donors (Lipinski definition) is 1. The van der Waals surface area contributed by atoms with Gasteiger partial charge in [-0.15, -0.1) is 0 Å². The lowest BCUT2D eigenvalue weighted by Gasteiger charge is -2.40. The predicted octanol–water partition coefficient (Wildman–Crippen LogP) is 3.17. The van der Waals surface area contributed by atoms with Crippen molar-refractivity contribution in [2.24, 2.45) is 5.73 Å². The van der Waals surface area contributed by atoms with Crippen LogP contribution >= 0.6 is 0 Å². The van der Waals surface area contributed by atoms with Crippen LogP contribution in [0.1, 0.15) is 44.7 Å². The molecule has 88 valence electrons. The van der Waals surface area contributed by atoms with E-state index in [9.17, 15) is 4.39 Å². The third-order valence-corrected chi connectivity index (χ3v) is 3.58. The zero-order valence-corrected chi connectivity index (χ0v) is 9.79. The molecule has 2 nitrogen and oxygen atoms in total. The van der Waals surface area contributed by atoms with Gasteiger partial charge >= 0.3 is 0 Å². The van der Waals surface area contributed by atoms with Crippen LogP contribution in [0.15, 0.2) is 18.2 Å². The van der Waals surface area contributed by atoms with E-state index in [0.717, 1.165) is 30.6 Å². The molecule has 1 aliphatic heterocycles. The number of nitrogens with two attached hydrogens (primary N) is 1. The van der Waals surface area contributed by atoms with Crippen molar-refractivity contribution in [3.05, 3.63) is 29.6 Å². The normalized spacial score (nSPS) is 22.4. The van der Waals surface area contributed by atoms with Gasteiger partial charge in [0.05, 0.1) is 0 Å². The average molecular weight is 223 g/mol. The fourth-order valence-electron chi connectivity index (χ4n) is 2.37. The van der Waals surface area contributed by atoms with E-state index in [1.165, 1.54) is 12.1 Å². The van der Waals surface area contributed by atoms with Gasteiger partial charge in [-0.05, 0) is 31.0 Å². The lowest BCUT2D eigenvalue weighted by molar-refractivity contribution is 0.0280. The molecule has 1 aromatic carbocycles. The van der Waals surface area contributed by atoms with Crippen molar-refractivity contribution in [3.8, 4) is 5.75 Å². The van der Waals surface area contributed by atoms with Crippen LogP contribution in [0.3, 0.4) is 0 Å². The van der Waals surface area contributed by atoms with E-state index in [-0.39, 0.29) is 17.5 Å². The van der Waals surface area contributed by atoms with E-state index in [1.54, 1.807) is 6.07 Å². The quantitative estimate of drug-likeness (QED) is 0.835. The van der Waals surface area contributed by atoms with Crippen LogP contribution in [0.5, 0.6) is 5.75 Å². The fourth-order valence-corrected chi connectivity index (χ4v) is 2.37. The summed E-state index contributed by atoms with van der Waals surface area (Å²) in [6.07, 6.45) is 2.61. The third-order valence-electron chi connectivity index (χ3n) is 3.58. The Kier molecular flexibility index (Phi) is 2.89. The first kappa shape index (κ1) is 11.4. The number of benzene rings is 1. The number of rotatable bonds is 2. The fraction of sp³-hybridized carbons (Fsp3) is 0.538. The lowest BCUT2D eigenvalue weighted by Crippen LogP contribution is -2.42. The molecule has 2 N–H and O–H groups in total. The summed E-state index contributed by atoms with van der Waals surface area (Å²) >= 11 is 0. The van der Waals surface area contributed by atoms with Crippen molar-refractivity contribution in [2.45, 2.75) is 44.8 Å². The summed E-state index contributed by atoms with van der Waals surface area (Å²) in [6.45, 7) is 4.20. The molecule has 0 fully saturated rings. The van der Waals surface area contributed by atoms with Crippen LogP contribution in [0.2, 0.25) is 0 Å². The third kappa shape index (κ3) is 1.80. The topological polar surface area (TPSA) is 35.2 Å². The van der Waals surface area contributed by atoms with Gasteiger partial charge in [0.15, 0.2) is 0 Å². The molecule has 1 heterocycles. The number of halogens is 1. The maximum atomic E-state index is 13.1. The number of hydrogen-bond acceptors (Lipinski definition) is 2. The van der Waals surface area contributed by atoms with E-state index in [2.05, 4.69) is 13.8 Å². The Hall–Kier alpha value is -1.09. The monoisotopic (exact) mass is 223 g/mol. The Bertz CT molecular complexity index is 388. The van der Waals surface area contributed by atoms with Crippen LogP contribution in [-0.2, 0) is 0 Å². The predicted molar refractivity (Wildman–Crippen MR) is 61.9 cm³/mol. The molecule has 0 saturated carbocycles. The molecule has 0 radical (unpaired) electrons. The smallest absolute Gasteiger partial charge is 0.125 e. The molecule has 0 saturated heterocycles. The van der Waals surface area contributed by atoms with Crippen LogP contribution in [0.25, 0.3) is 0 Å². The van der Waals surface area contributed by atoms with Crippen molar-refractivity contribution in [3.63, 3.8) is 0 Å². The van der Waals surface area contributed by atoms with Gasteiger partial charge in [0.2, 0.25) is 0 Å². The molecule has 1 aliphatic rings. The van der Waals surface area contributed by atoms with Crippen molar-refractivity contribution in [1.29, 1.82) is 0 Å². The van der Waals surface area contributed by atoms with Crippen LogP contribution in [0, 0.1) is 5.82 Å². The highest BCUT2D eigenvalue weighted by Crippen LogP contribution is 2.41. The van der Waals surface area contributed by atoms with E-state index >= 15 is 0 Å². The highest BCUT2D eigenvalue weighted by Gasteiger charge is 2.37. The van der Waals surface area contributed by atoms with Crippen molar-refractivity contribution in [2.75, 3.05) is 0 Å². The summed E-state index contributed by atoms with van der Waals surface area (Å²) in [5, 5.41) is 0. The summed E-state index contributed by atoms with van der Waals surface area (Å²) < 4.78 is 19.1. The van der Waals surface area contributed by atoms with E-state index < -0.39 is 0 Å². The summed E-state index contributed by atoms with van der Waals surface area (Å²) in [5.74, 6) is 0.488. The molecule has 3 heteroatoms. The number of fused-ring (bicyclic) bond motifs is 1. The molecule has 2 rings (SSSR count). The van der Waals surface area contributed by atoms with Crippen LogP contribution < -0.4 is 10.5 Å². The van der Waals surface area contributed by atoms with E-state index in [1.807, 2.05) is 0 Å². The molecular formula is C13H18FNO. The van der Waals surface area contributed by atoms with Crippen LogP contribution in [-0.4, -0.2) is 5.60 Å². The van der Waals surface area contributed by atoms with Gasteiger partial charge < -0.3 is 10.5 Å². The van der Waals surface area contributed by atoms with Gasteiger partial charge in [-0.3, -0.25) is 0 Å². The minimum absolute atomic E-state index is 0.126. The first-order chi connectivity index (χ1) is 7.60. The largest absolute Gasteiger partial charge is 0.487 e. The minimum atomic E-state index is -0.252. The minimum Gasteiger partial charge on any atom is -0.487 e. The Morgan fingerprint density at radius 2 is 2.12 bits per heavy atom. The molecule has 0 spiro atoms. The molecule has 0 amide bonds. The van der Waals surface area contributed by atoms with Gasteiger partial charge in [0.1, 0.15) is 17.2 Å². The SMILES string of the molecule is CCC1(CC)CC(N)c2cc(F)ccc2O1. The second-order valence-electron chi connectivity index (χ2n) is 4.48. The van der Waals surface area contributed by atoms with Crippen molar-refractivity contribution < 1.29 is 9.13 Å². The Labute approximate surface area is 95.6 Å². The highest BCUT2D eigenvalue weighted by molar-refractivity contribution is 5.39. The first-order valence-electron chi connectivity index (χ1n) is 5.84. The van der Waals surface area contributed by atoms with Gasteiger partial charge in [0.25, 0.3) is 0 Å². The molecule has 0 aromatic heterocycles. The molecule has 1 aromatic rings. The zero-order valence-electron chi connectivity index (χ0n) is 9.79. The standard InChI is InChI=1S/C13H18FNO/c1-3-13(4-2)8-11(15)10-7-9(14)5-6-12(10)16-13/h5-7,11H,3-4,8,15H2,1-2H3. The van der Waals surface area contributed by atoms with Crippen molar-refractivity contribution in [1.82, 2.24) is 0 Å². The van der Waals surface area contributed by atoms with E-state index in [0.29, 0.717) is 0 Å². The average Bonchev–Trinajstić information content (AvgIpc) is 2.30. The molecule has 1 unspecified atom stereocenters. The zero-order chi connectivity index (χ0) is 11.8. The first-order valence-corrected chi connectivity index (χ1v) is 5.84. The number of ether oxygens (including phenoxy) is 1. The molecule has 1 atom stereocenters. The summed E-state index contributed by atoms with van der Waals surface area (Å²) in [7, 11) is 0. The maximum absolute atomic E-state index is 13.1. The summed E-state index contributed by atoms with van der Waals surface area (Å²) in [5.41, 5.74) is 6.71. The maximum Gasteiger partial charge on any atom is 0.125 e. The Morgan fingerprint density at radius 1 is 1.44 bits per heavy atom. The molecule has 16 heavy (non-hydrogen) atoms. The molecular weight excluding hydrogens is 205 g/mol. The van der Waals surface area contributed by atoms with Gasteiger partial charge in [0, 0.05) is 18.0 Å². The highest BCUT2D eigenvalue weighted by atomic mass is 19.1. The van der Waals surface area contributed by atoms with Gasteiger partial charge in [-0.1, -0.05) is 13.8 Å². The Balaban J connectivity index is 2.40. The summed E-state index contributed by atoms with van der Waals surface area (Å²) in [4.78, 5) is 0. The van der Waals surface area contributed by atoms with Gasteiger partial charge in [-0.2, -0.15) is 0 Å². The second-order valence-corrected chi connectivity index (χ2v) is 4.48. The Morgan fingerprint density at radius 3 is 2.75 bits per heavy atom. The van der Waals surface area contributed by atoms with Gasteiger partial charge in [-0.25, -0.2) is 4.39 Å². The van der Waals surface area contributed by atoms with E-state index in [4.69, 9.17) is 10.5 Å². The molecule has 0 bridgehead atoms. The summed E-state index contributed by atoms with van der Waals surface area (Å²) in [6, 6.07) is 4.46. The van der Waals surface area contributed by atoms with Crippen molar-refractivity contribution >= 4 is 0 Å². The lowest BCUT2D eigenvalue weighted by atomic mass is 9.84.